The summed E-state index contributed by atoms with van der Waals surface area (Å²) in [6.07, 6.45) is 3.54. The van der Waals surface area contributed by atoms with Gasteiger partial charge in [0.1, 0.15) is 0 Å². The van der Waals surface area contributed by atoms with Gasteiger partial charge < -0.3 is 0 Å². The molecule has 1 radical (unpaired) electrons. The first-order valence-corrected chi connectivity index (χ1v) is 4.14. The maximum Gasteiger partial charge on any atom is 0.0931 e. The second-order valence-electron chi connectivity index (χ2n) is 2.22. The van der Waals surface area contributed by atoms with Gasteiger partial charge in [-0.3, -0.25) is 0 Å². The van der Waals surface area contributed by atoms with Gasteiger partial charge in [0.25, 0.3) is 0 Å². The molecule has 1 aliphatic rings. The zero-order valence-corrected chi connectivity index (χ0v) is 6.38. The first-order chi connectivity index (χ1) is 4.36. The Morgan fingerprint density at radius 2 is 2.33 bits per heavy atom. The number of hydrogen-bond acceptors (Lipinski definition) is 1. The number of hydrogen-bond donors (Lipinski definition) is 0. The Morgan fingerprint density at radius 3 is 2.78 bits per heavy atom. The number of halogens is 1. The van der Waals surface area contributed by atoms with Gasteiger partial charge in [-0.2, -0.15) is 0 Å². The van der Waals surface area contributed by atoms with Crippen LogP contribution in [0.1, 0.15) is 17.2 Å². The molecule has 1 unspecified atom stereocenters. The van der Waals surface area contributed by atoms with Crippen molar-refractivity contribution in [2.75, 3.05) is 0 Å². The molecule has 47 valence electrons. The first-order valence-electron chi connectivity index (χ1n) is 2.95. The highest BCUT2D eigenvalue weighted by Crippen LogP contribution is 2.42. The Kier molecular flexibility index (Phi) is 1.27. The second kappa shape index (κ2) is 1.99. The van der Waals surface area contributed by atoms with Gasteiger partial charge in [-0.15, -0.1) is 11.3 Å². The van der Waals surface area contributed by atoms with Crippen LogP contribution < -0.4 is 0 Å². The van der Waals surface area contributed by atoms with Crippen molar-refractivity contribution >= 4 is 22.9 Å². The van der Waals surface area contributed by atoms with Gasteiger partial charge in [0, 0.05) is 4.88 Å². The van der Waals surface area contributed by atoms with E-state index in [0.717, 1.165) is 10.3 Å². The fraction of sp³-hybridized carbons (Fsp3) is 0.286. The van der Waals surface area contributed by atoms with Crippen LogP contribution in [-0.4, -0.2) is 0 Å². The van der Waals surface area contributed by atoms with Crippen molar-refractivity contribution in [3.63, 3.8) is 0 Å². The summed E-state index contributed by atoms with van der Waals surface area (Å²) in [6.45, 7) is 0. The summed E-state index contributed by atoms with van der Waals surface area (Å²) < 4.78 is 0.908. The Bertz CT molecular complexity index is 212. The number of thiophene rings is 1. The topological polar surface area (TPSA) is 0 Å². The van der Waals surface area contributed by atoms with Crippen molar-refractivity contribution in [2.45, 2.75) is 12.3 Å². The molecule has 1 fully saturated rings. The quantitative estimate of drug-likeness (QED) is 0.588. The molecule has 1 atom stereocenters. The van der Waals surface area contributed by atoms with Crippen LogP contribution in [-0.2, 0) is 0 Å². The predicted octanol–water partition coefficient (Wildman–Crippen LogP) is 3.09. The van der Waals surface area contributed by atoms with Crippen LogP contribution in [0.3, 0.4) is 0 Å². The van der Waals surface area contributed by atoms with Gasteiger partial charge in [-0.05, 0) is 30.9 Å². The molecule has 0 saturated heterocycles. The van der Waals surface area contributed by atoms with Crippen molar-refractivity contribution in [3.05, 3.63) is 27.8 Å². The third kappa shape index (κ3) is 1.12. The molecule has 0 aliphatic heterocycles. The van der Waals surface area contributed by atoms with Gasteiger partial charge in [-0.25, -0.2) is 0 Å². The van der Waals surface area contributed by atoms with Crippen LogP contribution >= 0.6 is 22.9 Å². The highest BCUT2D eigenvalue weighted by molar-refractivity contribution is 7.16. The summed E-state index contributed by atoms with van der Waals surface area (Å²) in [5.74, 6) is 0.738. The lowest BCUT2D eigenvalue weighted by Crippen LogP contribution is -1.63. The molecular weight excluding hydrogens is 152 g/mol. The molecule has 0 amide bonds. The van der Waals surface area contributed by atoms with Gasteiger partial charge >= 0.3 is 0 Å². The average molecular weight is 158 g/mol. The van der Waals surface area contributed by atoms with E-state index in [1.165, 1.54) is 11.3 Å². The van der Waals surface area contributed by atoms with Crippen molar-refractivity contribution in [1.82, 2.24) is 0 Å². The van der Waals surface area contributed by atoms with Crippen molar-refractivity contribution in [1.29, 1.82) is 0 Å². The third-order valence-corrected chi connectivity index (χ3v) is 2.79. The minimum atomic E-state index is 0.738. The van der Waals surface area contributed by atoms with E-state index in [9.17, 15) is 0 Å². The summed E-state index contributed by atoms with van der Waals surface area (Å²) in [6, 6.07) is 4.08. The summed E-state index contributed by atoms with van der Waals surface area (Å²) >= 11 is 7.43. The summed E-state index contributed by atoms with van der Waals surface area (Å²) in [7, 11) is 0. The maximum atomic E-state index is 5.74. The molecule has 1 aliphatic carbocycles. The highest BCUT2D eigenvalue weighted by atomic mass is 35.5. The van der Waals surface area contributed by atoms with E-state index in [-0.39, 0.29) is 0 Å². The van der Waals surface area contributed by atoms with Crippen LogP contribution in [0.2, 0.25) is 4.34 Å². The minimum absolute atomic E-state index is 0.738. The first kappa shape index (κ1) is 5.75. The molecule has 9 heavy (non-hydrogen) atoms. The molecule has 1 aromatic rings. The third-order valence-electron chi connectivity index (χ3n) is 1.43. The lowest BCUT2D eigenvalue weighted by Gasteiger charge is -1.82. The van der Waals surface area contributed by atoms with Crippen molar-refractivity contribution < 1.29 is 0 Å². The smallest absolute Gasteiger partial charge is 0.0931 e. The fourth-order valence-electron chi connectivity index (χ4n) is 0.828. The van der Waals surface area contributed by atoms with E-state index in [4.69, 9.17) is 11.6 Å². The molecular formula is C7H6ClS. The van der Waals surface area contributed by atoms with Crippen LogP contribution in [0.25, 0.3) is 0 Å². The molecule has 1 aromatic heterocycles. The monoisotopic (exact) mass is 157 g/mol. The SMILES string of the molecule is Clc1ccc(C2[CH]C2)s1. The lowest BCUT2D eigenvalue weighted by atomic mass is 10.3. The molecule has 0 bridgehead atoms. The summed E-state index contributed by atoms with van der Waals surface area (Å²) in [5, 5.41) is 0. The summed E-state index contributed by atoms with van der Waals surface area (Å²) in [4.78, 5) is 1.42. The maximum absolute atomic E-state index is 5.74. The largest absolute Gasteiger partial charge is 0.128 e. The molecule has 2 heteroatoms. The van der Waals surface area contributed by atoms with Crippen LogP contribution in [0.15, 0.2) is 12.1 Å². The Labute approximate surface area is 63.5 Å². The highest BCUT2D eigenvalue weighted by Gasteiger charge is 2.25. The van der Waals surface area contributed by atoms with Gasteiger partial charge in [0.05, 0.1) is 4.34 Å². The normalized spacial score (nSPS) is 18.3. The molecule has 1 heterocycles. The molecule has 0 aromatic carbocycles. The predicted molar refractivity (Wildman–Crippen MR) is 41.0 cm³/mol. The van der Waals surface area contributed by atoms with Crippen LogP contribution in [0.5, 0.6) is 0 Å². The molecule has 0 N–H and O–H groups in total. The zero-order chi connectivity index (χ0) is 6.27. The van der Waals surface area contributed by atoms with E-state index < -0.39 is 0 Å². The molecule has 2 rings (SSSR count). The van der Waals surface area contributed by atoms with E-state index in [0.29, 0.717) is 0 Å². The Balaban J connectivity index is 2.28. The Hall–Kier alpha value is -0.0100. The van der Waals surface area contributed by atoms with E-state index in [1.807, 2.05) is 6.07 Å². The van der Waals surface area contributed by atoms with Gasteiger partial charge in [-0.1, -0.05) is 11.6 Å². The second-order valence-corrected chi connectivity index (χ2v) is 3.97. The van der Waals surface area contributed by atoms with Gasteiger partial charge in [0.2, 0.25) is 0 Å². The molecule has 0 nitrogen and oxygen atoms in total. The van der Waals surface area contributed by atoms with Crippen LogP contribution in [0.4, 0.5) is 0 Å². The van der Waals surface area contributed by atoms with Crippen LogP contribution in [0, 0.1) is 6.42 Å². The van der Waals surface area contributed by atoms with E-state index in [2.05, 4.69) is 12.5 Å². The lowest BCUT2D eigenvalue weighted by molar-refractivity contribution is 1.21. The zero-order valence-electron chi connectivity index (χ0n) is 4.80. The number of rotatable bonds is 1. The molecule has 0 spiro atoms. The van der Waals surface area contributed by atoms with E-state index >= 15 is 0 Å². The fourth-order valence-corrected chi connectivity index (χ4v) is 2.00. The van der Waals surface area contributed by atoms with Crippen molar-refractivity contribution in [3.8, 4) is 0 Å². The standard InChI is InChI=1S/C7H6ClS/c8-7-4-3-6(9-7)5-1-2-5/h1,3-5H,2H2. The summed E-state index contributed by atoms with van der Waals surface area (Å²) in [5.41, 5.74) is 0. The minimum Gasteiger partial charge on any atom is -0.128 e. The van der Waals surface area contributed by atoms with Crippen molar-refractivity contribution in [2.24, 2.45) is 0 Å². The van der Waals surface area contributed by atoms with Gasteiger partial charge in [0.15, 0.2) is 0 Å². The average Bonchev–Trinajstić information content (AvgIpc) is 2.58. The molecule has 1 saturated carbocycles. The Morgan fingerprint density at radius 1 is 1.56 bits per heavy atom. The van der Waals surface area contributed by atoms with E-state index in [1.54, 1.807) is 11.3 Å².